The van der Waals surface area contributed by atoms with Crippen molar-refractivity contribution in [1.29, 1.82) is 0 Å². The van der Waals surface area contributed by atoms with Crippen molar-refractivity contribution in [3.63, 3.8) is 0 Å². The summed E-state index contributed by atoms with van der Waals surface area (Å²) in [6.45, 7) is 1.24. The van der Waals surface area contributed by atoms with Crippen molar-refractivity contribution in [3.05, 3.63) is 52.3 Å². The Labute approximate surface area is 146 Å². The fourth-order valence-electron chi connectivity index (χ4n) is 2.70. The average Bonchev–Trinajstić information content (AvgIpc) is 3.29. The molecule has 1 amide bonds. The molecule has 4 rings (SSSR count). The summed E-state index contributed by atoms with van der Waals surface area (Å²) in [5.74, 6) is 1.47. The molecule has 1 aromatic carbocycles. The topological polar surface area (TPSA) is 90.5 Å². The van der Waals surface area contributed by atoms with Crippen molar-refractivity contribution >= 4 is 21.8 Å². The zero-order chi connectivity index (χ0) is 16.5. The molecule has 122 valence electrons. The molecule has 9 heteroatoms. The van der Waals surface area contributed by atoms with Crippen molar-refractivity contribution in [2.24, 2.45) is 0 Å². The summed E-state index contributed by atoms with van der Waals surface area (Å²) >= 11 is 3.41. The van der Waals surface area contributed by atoms with E-state index in [1.165, 1.54) is 0 Å². The second-order valence-electron chi connectivity index (χ2n) is 5.50. The fourth-order valence-corrected chi connectivity index (χ4v) is 3.09. The Morgan fingerprint density at radius 3 is 3.08 bits per heavy atom. The van der Waals surface area contributed by atoms with Crippen LogP contribution in [0.1, 0.15) is 28.6 Å². The zero-order valence-electron chi connectivity index (χ0n) is 12.7. The van der Waals surface area contributed by atoms with Gasteiger partial charge in [0.05, 0.1) is 18.4 Å². The number of amides is 1. The van der Waals surface area contributed by atoms with E-state index in [1.54, 1.807) is 10.9 Å². The number of nitrogens with zero attached hydrogens (tertiary/aromatic N) is 6. The van der Waals surface area contributed by atoms with Crippen LogP contribution in [0.15, 0.2) is 34.9 Å². The molecule has 0 fully saturated rings. The summed E-state index contributed by atoms with van der Waals surface area (Å²) < 4.78 is 4.55. The Hall–Kier alpha value is -2.55. The lowest BCUT2D eigenvalue weighted by molar-refractivity contribution is 0.0944. The van der Waals surface area contributed by atoms with E-state index in [4.69, 9.17) is 0 Å². The van der Waals surface area contributed by atoms with Gasteiger partial charge in [-0.05, 0) is 24.6 Å². The zero-order valence-corrected chi connectivity index (χ0v) is 14.3. The smallest absolute Gasteiger partial charge is 0.273 e. The molecule has 2 aromatic heterocycles. The van der Waals surface area contributed by atoms with Gasteiger partial charge in [-0.1, -0.05) is 27.2 Å². The highest BCUT2D eigenvalue weighted by atomic mass is 79.9. The maximum atomic E-state index is 12.3. The molecule has 0 bridgehead atoms. The number of rotatable bonds is 4. The van der Waals surface area contributed by atoms with Gasteiger partial charge in [0.15, 0.2) is 11.5 Å². The maximum Gasteiger partial charge on any atom is 0.273 e. The van der Waals surface area contributed by atoms with Gasteiger partial charge in [-0.2, -0.15) is 0 Å². The van der Waals surface area contributed by atoms with Crippen LogP contribution >= 0.6 is 15.9 Å². The van der Waals surface area contributed by atoms with Gasteiger partial charge in [0.2, 0.25) is 0 Å². The van der Waals surface area contributed by atoms with E-state index >= 15 is 0 Å². The van der Waals surface area contributed by atoms with Crippen molar-refractivity contribution < 1.29 is 4.79 Å². The molecule has 24 heavy (non-hydrogen) atoms. The standard InChI is InChI=1S/C15H14BrN7O/c16-10-3-1-4-11(7-10)23-9-12(18-21-23)15(24)17-8-14-20-19-13-5-2-6-22(13)14/h1,3-4,7,9H,2,5-6,8H2,(H,17,24). The van der Waals surface area contributed by atoms with E-state index in [1.807, 2.05) is 24.3 Å². The summed E-state index contributed by atoms with van der Waals surface area (Å²) in [5, 5.41) is 19.0. The molecule has 1 aliphatic rings. The lowest BCUT2D eigenvalue weighted by Crippen LogP contribution is -2.25. The van der Waals surface area contributed by atoms with Crippen LogP contribution in [0, 0.1) is 0 Å². The molecular weight excluding hydrogens is 374 g/mol. The number of carbonyl (C=O) groups is 1. The number of benzene rings is 1. The molecule has 0 atom stereocenters. The molecule has 0 radical (unpaired) electrons. The van der Waals surface area contributed by atoms with E-state index in [2.05, 4.69) is 46.3 Å². The van der Waals surface area contributed by atoms with Crippen LogP contribution in [0.5, 0.6) is 0 Å². The Balaban J connectivity index is 1.45. The average molecular weight is 388 g/mol. The molecule has 0 spiro atoms. The second kappa shape index (κ2) is 6.16. The Morgan fingerprint density at radius 1 is 1.29 bits per heavy atom. The van der Waals surface area contributed by atoms with Crippen LogP contribution in [-0.2, 0) is 19.5 Å². The summed E-state index contributed by atoms with van der Waals surface area (Å²) in [4.78, 5) is 12.3. The largest absolute Gasteiger partial charge is 0.343 e. The molecule has 0 aliphatic carbocycles. The maximum absolute atomic E-state index is 12.3. The Kier molecular flexibility index (Phi) is 3.85. The Morgan fingerprint density at radius 2 is 2.21 bits per heavy atom. The highest BCUT2D eigenvalue weighted by Crippen LogP contribution is 2.15. The number of aryl methyl sites for hydroxylation is 1. The molecule has 0 unspecified atom stereocenters. The molecule has 0 saturated heterocycles. The van der Waals surface area contributed by atoms with E-state index in [-0.39, 0.29) is 11.6 Å². The van der Waals surface area contributed by atoms with Gasteiger partial charge in [-0.25, -0.2) is 4.68 Å². The van der Waals surface area contributed by atoms with Crippen LogP contribution in [0.4, 0.5) is 0 Å². The summed E-state index contributed by atoms with van der Waals surface area (Å²) in [7, 11) is 0. The minimum Gasteiger partial charge on any atom is -0.343 e. The minimum absolute atomic E-state index is 0.260. The quantitative estimate of drug-likeness (QED) is 0.732. The lowest BCUT2D eigenvalue weighted by atomic mass is 10.3. The van der Waals surface area contributed by atoms with Crippen LogP contribution in [0.3, 0.4) is 0 Å². The van der Waals surface area contributed by atoms with E-state index in [9.17, 15) is 4.79 Å². The number of hydrogen-bond acceptors (Lipinski definition) is 5. The summed E-state index contributed by atoms with van der Waals surface area (Å²) in [5.41, 5.74) is 1.09. The SMILES string of the molecule is O=C(NCc1nnc2n1CCC2)c1cn(-c2cccc(Br)c2)nn1. The normalized spacial score (nSPS) is 13.0. The predicted octanol–water partition coefficient (Wildman–Crippen LogP) is 1.50. The van der Waals surface area contributed by atoms with Crippen LogP contribution in [0.2, 0.25) is 0 Å². The van der Waals surface area contributed by atoms with Crippen LogP contribution in [0.25, 0.3) is 5.69 Å². The third kappa shape index (κ3) is 2.82. The van der Waals surface area contributed by atoms with E-state index < -0.39 is 0 Å². The molecule has 0 saturated carbocycles. The number of hydrogen-bond donors (Lipinski definition) is 1. The summed E-state index contributed by atoms with van der Waals surface area (Å²) in [6.07, 6.45) is 3.63. The minimum atomic E-state index is -0.286. The number of halogens is 1. The third-order valence-electron chi connectivity index (χ3n) is 3.89. The monoisotopic (exact) mass is 387 g/mol. The van der Waals surface area contributed by atoms with Crippen LogP contribution in [-0.4, -0.2) is 35.7 Å². The highest BCUT2D eigenvalue weighted by Gasteiger charge is 2.18. The van der Waals surface area contributed by atoms with Gasteiger partial charge in [0.1, 0.15) is 5.82 Å². The molecule has 3 aromatic rings. The predicted molar refractivity (Wildman–Crippen MR) is 88.6 cm³/mol. The van der Waals surface area contributed by atoms with Gasteiger partial charge in [0, 0.05) is 17.4 Å². The number of carbonyl (C=O) groups excluding carboxylic acids is 1. The molecule has 1 N–H and O–H groups in total. The number of fused-ring (bicyclic) bond motifs is 1. The van der Waals surface area contributed by atoms with Crippen molar-refractivity contribution in [2.45, 2.75) is 25.9 Å². The third-order valence-corrected chi connectivity index (χ3v) is 4.39. The summed E-state index contributed by atoms with van der Waals surface area (Å²) in [6, 6.07) is 7.61. The van der Waals surface area contributed by atoms with Gasteiger partial charge >= 0.3 is 0 Å². The first kappa shape index (κ1) is 15.0. The number of aromatic nitrogens is 6. The molecule has 8 nitrogen and oxygen atoms in total. The van der Waals surface area contributed by atoms with E-state index in [0.29, 0.717) is 6.54 Å². The van der Waals surface area contributed by atoms with Crippen LogP contribution < -0.4 is 5.32 Å². The van der Waals surface area contributed by atoms with Gasteiger partial charge in [-0.3, -0.25) is 4.79 Å². The van der Waals surface area contributed by atoms with Crippen molar-refractivity contribution in [3.8, 4) is 5.69 Å². The van der Waals surface area contributed by atoms with Crippen molar-refractivity contribution in [1.82, 2.24) is 35.1 Å². The van der Waals surface area contributed by atoms with E-state index in [0.717, 1.165) is 41.2 Å². The molecular formula is C15H14BrN7O. The number of nitrogens with one attached hydrogen (secondary N) is 1. The fraction of sp³-hybridized carbons (Fsp3) is 0.267. The first-order chi connectivity index (χ1) is 11.7. The molecule has 3 heterocycles. The Bertz CT molecular complexity index is 901. The molecule has 1 aliphatic heterocycles. The van der Waals surface area contributed by atoms with Gasteiger partial charge in [-0.15, -0.1) is 15.3 Å². The first-order valence-corrected chi connectivity index (χ1v) is 8.37. The second-order valence-corrected chi connectivity index (χ2v) is 6.41. The first-order valence-electron chi connectivity index (χ1n) is 7.58. The van der Waals surface area contributed by atoms with Crippen molar-refractivity contribution in [2.75, 3.05) is 0 Å². The lowest BCUT2D eigenvalue weighted by Gasteiger charge is -2.03. The highest BCUT2D eigenvalue weighted by molar-refractivity contribution is 9.10. The van der Waals surface area contributed by atoms with Gasteiger partial charge < -0.3 is 9.88 Å². The van der Waals surface area contributed by atoms with Gasteiger partial charge in [0.25, 0.3) is 5.91 Å².